The summed E-state index contributed by atoms with van der Waals surface area (Å²) < 4.78 is 7.86. The summed E-state index contributed by atoms with van der Waals surface area (Å²) in [5, 5.41) is 0.990. The SMILES string of the molecule is O=c1nc(-c2ccccc2)c2c3c(ccc2n1CC1CCCC1)CCO3. The summed E-state index contributed by atoms with van der Waals surface area (Å²) in [6.45, 7) is 1.46. The maximum atomic E-state index is 12.9. The van der Waals surface area contributed by atoms with Gasteiger partial charge in [-0.15, -0.1) is 0 Å². The summed E-state index contributed by atoms with van der Waals surface area (Å²) in [7, 11) is 0. The van der Waals surface area contributed by atoms with Crippen molar-refractivity contribution in [1.82, 2.24) is 9.55 Å². The Balaban J connectivity index is 1.78. The molecule has 1 fully saturated rings. The number of hydrogen-bond acceptors (Lipinski definition) is 3. The average Bonchev–Trinajstić information content (AvgIpc) is 3.35. The van der Waals surface area contributed by atoms with Crippen LogP contribution >= 0.6 is 0 Å². The second kappa shape index (κ2) is 6.27. The Morgan fingerprint density at radius 2 is 1.88 bits per heavy atom. The molecule has 1 aliphatic heterocycles. The van der Waals surface area contributed by atoms with E-state index in [1.807, 2.05) is 34.9 Å². The lowest BCUT2D eigenvalue weighted by Gasteiger charge is -2.17. The topological polar surface area (TPSA) is 44.1 Å². The van der Waals surface area contributed by atoms with E-state index >= 15 is 0 Å². The minimum Gasteiger partial charge on any atom is -0.492 e. The van der Waals surface area contributed by atoms with Gasteiger partial charge >= 0.3 is 5.69 Å². The smallest absolute Gasteiger partial charge is 0.348 e. The number of benzene rings is 2. The van der Waals surface area contributed by atoms with Crippen molar-refractivity contribution in [1.29, 1.82) is 0 Å². The minimum atomic E-state index is -0.152. The zero-order chi connectivity index (χ0) is 17.5. The molecule has 0 bridgehead atoms. The van der Waals surface area contributed by atoms with Crippen LogP contribution < -0.4 is 10.4 Å². The maximum absolute atomic E-state index is 12.9. The largest absolute Gasteiger partial charge is 0.492 e. The molecule has 4 heteroatoms. The molecule has 1 aliphatic carbocycles. The lowest BCUT2D eigenvalue weighted by molar-refractivity contribution is 0.360. The molecule has 2 heterocycles. The van der Waals surface area contributed by atoms with Crippen molar-refractivity contribution in [2.75, 3.05) is 6.61 Å². The van der Waals surface area contributed by atoms with Crippen molar-refractivity contribution in [2.45, 2.75) is 38.6 Å². The van der Waals surface area contributed by atoms with Crippen molar-refractivity contribution >= 4 is 10.9 Å². The predicted molar refractivity (Wildman–Crippen MR) is 103 cm³/mol. The van der Waals surface area contributed by atoms with Crippen molar-refractivity contribution in [3.05, 3.63) is 58.5 Å². The molecule has 26 heavy (non-hydrogen) atoms. The Bertz CT molecular complexity index is 1020. The van der Waals surface area contributed by atoms with Crippen molar-refractivity contribution < 1.29 is 4.74 Å². The van der Waals surface area contributed by atoms with Crippen molar-refractivity contribution in [3.63, 3.8) is 0 Å². The second-order valence-corrected chi connectivity index (χ2v) is 7.42. The number of nitrogens with zero attached hydrogens (tertiary/aromatic N) is 2. The number of hydrogen-bond donors (Lipinski definition) is 0. The fraction of sp³-hybridized carbons (Fsp3) is 0.364. The zero-order valence-electron chi connectivity index (χ0n) is 14.8. The van der Waals surface area contributed by atoms with Crippen LogP contribution in [0.5, 0.6) is 5.75 Å². The monoisotopic (exact) mass is 346 g/mol. The van der Waals surface area contributed by atoms with Gasteiger partial charge in [0.15, 0.2) is 0 Å². The standard InChI is InChI=1S/C22H22N2O2/c25-22-23-20(16-8-2-1-3-9-16)19-18(11-10-17-12-13-26-21(17)19)24(22)14-15-6-4-5-7-15/h1-3,8-11,15H,4-7,12-14H2. The molecule has 132 valence electrons. The lowest BCUT2D eigenvalue weighted by Crippen LogP contribution is -2.26. The third kappa shape index (κ3) is 2.52. The van der Waals surface area contributed by atoms with Gasteiger partial charge in [-0.05, 0) is 30.4 Å². The van der Waals surface area contributed by atoms with Crippen LogP contribution in [0.3, 0.4) is 0 Å². The predicted octanol–water partition coefficient (Wildman–Crippen LogP) is 4.19. The van der Waals surface area contributed by atoms with Gasteiger partial charge in [-0.25, -0.2) is 4.79 Å². The van der Waals surface area contributed by atoms with Gasteiger partial charge in [0.2, 0.25) is 0 Å². The van der Waals surface area contributed by atoms with Crippen LogP contribution in [0.25, 0.3) is 22.2 Å². The molecule has 0 atom stereocenters. The first-order valence-electron chi connectivity index (χ1n) is 9.56. The van der Waals surface area contributed by atoms with Gasteiger partial charge in [0.1, 0.15) is 5.75 Å². The molecule has 2 aliphatic rings. The van der Waals surface area contributed by atoms with E-state index in [-0.39, 0.29) is 5.69 Å². The van der Waals surface area contributed by atoms with E-state index in [1.165, 1.54) is 31.2 Å². The summed E-state index contributed by atoms with van der Waals surface area (Å²) in [4.78, 5) is 17.4. The summed E-state index contributed by atoms with van der Waals surface area (Å²) in [6.07, 6.45) is 5.86. The molecule has 4 nitrogen and oxygen atoms in total. The first-order valence-corrected chi connectivity index (χ1v) is 9.56. The third-order valence-corrected chi connectivity index (χ3v) is 5.76. The maximum Gasteiger partial charge on any atom is 0.348 e. The van der Waals surface area contributed by atoms with Crippen LogP contribution in [0.1, 0.15) is 31.2 Å². The van der Waals surface area contributed by atoms with Crippen molar-refractivity contribution in [2.24, 2.45) is 5.92 Å². The van der Waals surface area contributed by atoms with Crippen molar-refractivity contribution in [3.8, 4) is 17.0 Å². The highest BCUT2D eigenvalue weighted by Gasteiger charge is 2.24. The number of fused-ring (bicyclic) bond motifs is 3. The molecule has 0 unspecified atom stereocenters. The number of aromatic nitrogens is 2. The Morgan fingerprint density at radius 3 is 2.69 bits per heavy atom. The minimum absolute atomic E-state index is 0.152. The zero-order valence-corrected chi connectivity index (χ0v) is 14.8. The average molecular weight is 346 g/mol. The molecule has 0 N–H and O–H groups in total. The summed E-state index contributed by atoms with van der Waals surface area (Å²) in [6, 6.07) is 14.2. The Labute approximate surface area is 152 Å². The van der Waals surface area contributed by atoms with Gasteiger partial charge < -0.3 is 4.74 Å². The molecular weight excluding hydrogens is 324 g/mol. The van der Waals surface area contributed by atoms with Gasteiger partial charge in [-0.2, -0.15) is 4.98 Å². The Kier molecular flexibility index (Phi) is 3.77. The van der Waals surface area contributed by atoms with E-state index in [9.17, 15) is 4.79 Å². The molecule has 0 radical (unpaired) electrons. The molecule has 0 spiro atoms. The van der Waals surface area contributed by atoms with Gasteiger partial charge in [0.25, 0.3) is 0 Å². The number of ether oxygens (including phenoxy) is 1. The summed E-state index contributed by atoms with van der Waals surface area (Å²) in [5.41, 5.74) is 3.72. The molecule has 5 rings (SSSR count). The highest BCUT2D eigenvalue weighted by molar-refractivity contribution is 5.98. The molecule has 1 saturated carbocycles. The molecule has 0 saturated heterocycles. The first-order chi connectivity index (χ1) is 12.8. The van der Waals surface area contributed by atoms with Gasteiger partial charge in [-0.1, -0.05) is 49.2 Å². The summed E-state index contributed by atoms with van der Waals surface area (Å²) >= 11 is 0. The fourth-order valence-corrected chi connectivity index (χ4v) is 4.44. The van der Waals surface area contributed by atoms with Crippen LogP contribution in [0.15, 0.2) is 47.3 Å². The summed E-state index contributed by atoms with van der Waals surface area (Å²) in [5.74, 6) is 1.49. The van der Waals surface area contributed by atoms with E-state index < -0.39 is 0 Å². The van der Waals surface area contributed by atoms with Crippen LogP contribution in [0, 0.1) is 5.92 Å². The van der Waals surface area contributed by atoms with Crippen LogP contribution in [0.4, 0.5) is 0 Å². The molecule has 1 aromatic heterocycles. The third-order valence-electron chi connectivity index (χ3n) is 5.76. The van der Waals surface area contributed by atoms with Crippen LogP contribution in [0.2, 0.25) is 0 Å². The quantitative estimate of drug-likeness (QED) is 0.714. The fourth-order valence-electron chi connectivity index (χ4n) is 4.44. The molecule has 2 aromatic carbocycles. The van der Waals surface area contributed by atoms with Crippen LogP contribution in [-0.2, 0) is 13.0 Å². The number of rotatable bonds is 3. The lowest BCUT2D eigenvalue weighted by atomic mass is 10.0. The second-order valence-electron chi connectivity index (χ2n) is 7.42. The van der Waals surface area contributed by atoms with Crippen LogP contribution in [-0.4, -0.2) is 16.2 Å². The van der Waals surface area contributed by atoms with E-state index in [0.717, 1.165) is 40.9 Å². The molecule has 3 aromatic rings. The van der Waals surface area contributed by atoms with E-state index in [4.69, 9.17) is 4.74 Å². The van der Waals surface area contributed by atoms with E-state index in [0.29, 0.717) is 12.5 Å². The van der Waals surface area contributed by atoms with E-state index in [2.05, 4.69) is 17.1 Å². The van der Waals surface area contributed by atoms with E-state index in [1.54, 1.807) is 0 Å². The Morgan fingerprint density at radius 1 is 1.08 bits per heavy atom. The molecule has 0 amide bonds. The van der Waals surface area contributed by atoms with Gasteiger partial charge in [0, 0.05) is 18.5 Å². The van der Waals surface area contributed by atoms with Gasteiger partial charge in [0.05, 0.1) is 23.2 Å². The van der Waals surface area contributed by atoms with Gasteiger partial charge in [-0.3, -0.25) is 4.57 Å². The first kappa shape index (κ1) is 15.6. The highest BCUT2D eigenvalue weighted by atomic mass is 16.5. The normalized spacial score (nSPS) is 16.8. The Hall–Kier alpha value is -2.62. The highest BCUT2D eigenvalue weighted by Crippen LogP contribution is 2.39. The molecular formula is C22H22N2O2.